The molecule has 0 aliphatic rings. The first kappa shape index (κ1) is 10.9. The lowest BCUT2D eigenvalue weighted by molar-refractivity contribution is 0.322. The third kappa shape index (κ3) is 2.19. The molecule has 0 amide bonds. The van der Waals surface area contributed by atoms with E-state index in [2.05, 4.69) is 5.16 Å². The van der Waals surface area contributed by atoms with Crippen LogP contribution in [0.25, 0.3) is 6.08 Å². The molecule has 1 aromatic rings. The van der Waals surface area contributed by atoms with Crippen LogP contribution in [0.1, 0.15) is 11.1 Å². The van der Waals surface area contributed by atoms with Gasteiger partial charge in [0.15, 0.2) is 11.5 Å². The van der Waals surface area contributed by atoms with Gasteiger partial charge in [0, 0.05) is 17.2 Å². The predicted octanol–water partition coefficient (Wildman–Crippen LogP) is 1.59. The van der Waals surface area contributed by atoms with Gasteiger partial charge in [0.25, 0.3) is 0 Å². The van der Waals surface area contributed by atoms with Gasteiger partial charge in [-0.25, -0.2) is 0 Å². The molecule has 15 heavy (non-hydrogen) atoms. The van der Waals surface area contributed by atoms with E-state index in [4.69, 9.17) is 5.21 Å². The maximum absolute atomic E-state index is 9.47. The number of phenolic OH excluding ortho intramolecular Hbond substituents is 3. The SMILES string of the molecule is Cc1c(O)c(O)cc(O)c1/C=C\C=N\O. The Hall–Kier alpha value is -2.17. The molecule has 0 fully saturated rings. The predicted molar refractivity (Wildman–Crippen MR) is 55.5 cm³/mol. The Labute approximate surface area is 86.2 Å². The number of hydrogen-bond donors (Lipinski definition) is 4. The molecule has 0 aliphatic heterocycles. The highest BCUT2D eigenvalue weighted by molar-refractivity contribution is 5.80. The first-order valence-electron chi connectivity index (χ1n) is 4.16. The van der Waals surface area contributed by atoms with E-state index in [9.17, 15) is 15.3 Å². The van der Waals surface area contributed by atoms with Gasteiger partial charge in [-0.2, -0.15) is 0 Å². The van der Waals surface area contributed by atoms with Crippen LogP contribution >= 0.6 is 0 Å². The van der Waals surface area contributed by atoms with Gasteiger partial charge in [-0.05, 0) is 19.1 Å². The molecule has 0 spiro atoms. The molecule has 0 aliphatic carbocycles. The van der Waals surface area contributed by atoms with Crippen molar-refractivity contribution in [2.75, 3.05) is 0 Å². The molecule has 0 saturated carbocycles. The van der Waals surface area contributed by atoms with Crippen molar-refractivity contribution in [3.05, 3.63) is 23.3 Å². The van der Waals surface area contributed by atoms with Gasteiger partial charge in [0.1, 0.15) is 5.75 Å². The van der Waals surface area contributed by atoms with Gasteiger partial charge >= 0.3 is 0 Å². The summed E-state index contributed by atoms with van der Waals surface area (Å²) in [4.78, 5) is 0. The number of rotatable bonds is 2. The van der Waals surface area contributed by atoms with E-state index in [1.807, 2.05) is 0 Å². The summed E-state index contributed by atoms with van der Waals surface area (Å²) < 4.78 is 0. The van der Waals surface area contributed by atoms with Gasteiger partial charge in [0.05, 0.1) is 6.21 Å². The summed E-state index contributed by atoms with van der Waals surface area (Å²) in [6.45, 7) is 1.55. The van der Waals surface area contributed by atoms with E-state index in [1.165, 1.54) is 12.2 Å². The van der Waals surface area contributed by atoms with Crippen molar-refractivity contribution in [3.63, 3.8) is 0 Å². The van der Waals surface area contributed by atoms with Crippen LogP contribution in [0.5, 0.6) is 17.2 Å². The van der Waals surface area contributed by atoms with Crippen molar-refractivity contribution in [1.82, 2.24) is 0 Å². The number of nitrogens with zero attached hydrogens (tertiary/aromatic N) is 1. The van der Waals surface area contributed by atoms with Crippen LogP contribution in [0.3, 0.4) is 0 Å². The molecular formula is C10H11NO4. The summed E-state index contributed by atoms with van der Waals surface area (Å²) in [5, 5.41) is 38.9. The Morgan fingerprint density at radius 2 is 1.87 bits per heavy atom. The summed E-state index contributed by atoms with van der Waals surface area (Å²) >= 11 is 0. The maximum atomic E-state index is 9.47. The molecule has 0 heterocycles. The minimum absolute atomic E-state index is 0.162. The number of aromatic hydroxyl groups is 3. The third-order valence-corrected chi connectivity index (χ3v) is 1.97. The molecule has 0 saturated heterocycles. The fourth-order valence-electron chi connectivity index (χ4n) is 1.18. The van der Waals surface area contributed by atoms with Gasteiger partial charge in [-0.3, -0.25) is 0 Å². The second kappa shape index (κ2) is 4.36. The number of benzene rings is 1. The molecule has 4 N–H and O–H groups in total. The van der Waals surface area contributed by atoms with Crippen molar-refractivity contribution in [2.45, 2.75) is 6.92 Å². The largest absolute Gasteiger partial charge is 0.507 e. The van der Waals surface area contributed by atoms with Crippen LogP contribution in [-0.2, 0) is 0 Å². The lowest BCUT2D eigenvalue weighted by Gasteiger charge is -2.07. The second-order valence-electron chi connectivity index (χ2n) is 2.93. The Morgan fingerprint density at radius 3 is 2.47 bits per heavy atom. The van der Waals surface area contributed by atoms with Gasteiger partial charge in [0.2, 0.25) is 0 Å². The van der Waals surface area contributed by atoms with Gasteiger partial charge in [-0.1, -0.05) is 5.16 Å². The van der Waals surface area contributed by atoms with Crippen LogP contribution in [0.15, 0.2) is 17.3 Å². The Morgan fingerprint density at radius 1 is 1.20 bits per heavy atom. The number of allylic oxidation sites excluding steroid dienone is 1. The highest BCUT2D eigenvalue weighted by atomic mass is 16.4. The first-order chi connectivity index (χ1) is 7.07. The quantitative estimate of drug-likeness (QED) is 0.195. The van der Waals surface area contributed by atoms with Gasteiger partial charge in [-0.15, -0.1) is 0 Å². The Kier molecular flexibility index (Phi) is 3.17. The first-order valence-corrected chi connectivity index (χ1v) is 4.16. The smallest absolute Gasteiger partial charge is 0.161 e. The summed E-state index contributed by atoms with van der Waals surface area (Å²) in [6.07, 6.45) is 3.95. The highest BCUT2D eigenvalue weighted by Gasteiger charge is 2.11. The molecule has 5 nitrogen and oxygen atoms in total. The van der Waals surface area contributed by atoms with E-state index in [0.29, 0.717) is 11.1 Å². The highest BCUT2D eigenvalue weighted by Crippen LogP contribution is 2.37. The van der Waals surface area contributed by atoms with Gasteiger partial charge < -0.3 is 20.5 Å². The molecule has 80 valence electrons. The van der Waals surface area contributed by atoms with E-state index < -0.39 is 0 Å². The van der Waals surface area contributed by atoms with Crippen molar-refractivity contribution in [3.8, 4) is 17.2 Å². The lowest BCUT2D eigenvalue weighted by Crippen LogP contribution is -1.84. The number of oxime groups is 1. The van der Waals surface area contributed by atoms with E-state index in [-0.39, 0.29) is 17.2 Å². The molecule has 0 bridgehead atoms. The summed E-state index contributed by atoms with van der Waals surface area (Å²) in [6, 6.07) is 1.04. The minimum Gasteiger partial charge on any atom is -0.507 e. The van der Waals surface area contributed by atoms with Crippen LogP contribution < -0.4 is 0 Å². The average molecular weight is 209 g/mol. The summed E-state index contributed by atoms with van der Waals surface area (Å²) in [5.74, 6) is -0.822. The Bertz CT molecular complexity index is 424. The monoisotopic (exact) mass is 209 g/mol. The van der Waals surface area contributed by atoms with E-state index in [1.54, 1.807) is 6.92 Å². The fourth-order valence-corrected chi connectivity index (χ4v) is 1.18. The number of hydrogen-bond acceptors (Lipinski definition) is 5. The zero-order valence-corrected chi connectivity index (χ0v) is 8.05. The average Bonchev–Trinajstić information content (AvgIpc) is 2.20. The zero-order chi connectivity index (χ0) is 11.4. The molecule has 0 atom stereocenters. The maximum Gasteiger partial charge on any atom is 0.161 e. The lowest BCUT2D eigenvalue weighted by atomic mass is 10.1. The summed E-state index contributed by atoms with van der Waals surface area (Å²) in [5.41, 5.74) is 0.695. The normalized spacial score (nSPS) is 11.5. The topological polar surface area (TPSA) is 93.3 Å². The molecule has 1 rings (SSSR count). The van der Waals surface area contributed by atoms with Crippen molar-refractivity contribution >= 4 is 12.3 Å². The molecular weight excluding hydrogens is 198 g/mol. The fraction of sp³-hybridized carbons (Fsp3) is 0.100. The van der Waals surface area contributed by atoms with E-state index >= 15 is 0 Å². The molecule has 1 aromatic carbocycles. The molecule has 5 heteroatoms. The van der Waals surface area contributed by atoms with Crippen LogP contribution in [0.4, 0.5) is 0 Å². The van der Waals surface area contributed by atoms with Crippen LogP contribution in [-0.4, -0.2) is 26.7 Å². The second-order valence-corrected chi connectivity index (χ2v) is 2.93. The van der Waals surface area contributed by atoms with E-state index in [0.717, 1.165) is 12.3 Å². The molecule has 0 radical (unpaired) electrons. The van der Waals surface area contributed by atoms with Crippen LogP contribution in [0, 0.1) is 6.92 Å². The summed E-state index contributed by atoms with van der Waals surface area (Å²) in [7, 11) is 0. The molecule has 0 unspecified atom stereocenters. The van der Waals surface area contributed by atoms with Crippen molar-refractivity contribution in [2.24, 2.45) is 5.16 Å². The standard InChI is InChI=1S/C10H11NO4/c1-6-7(3-2-4-11-15)8(12)5-9(13)10(6)14/h2-5,12-15H,1H3/b3-2-,11-4+. The minimum atomic E-state index is -0.377. The van der Waals surface area contributed by atoms with Crippen molar-refractivity contribution in [1.29, 1.82) is 0 Å². The Balaban J connectivity index is 3.24. The molecule has 0 aromatic heterocycles. The third-order valence-electron chi connectivity index (χ3n) is 1.97. The van der Waals surface area contributed by atoms with Crippen LogP contribution in [0.2, 0.25) is 0 Å². The number of phenols is 3. The van der Waals surface area contributed by atoms with Crippen molar-refractivity contribution < 1.29 is 20.5 Å². The zero-order valence-electron chi connectivity index (χ0n) is 8.05.